The number of hydrogen-bond donors (Lipinski definition) is 3. The number of hydrogen-bond acceptors (Lipinski definition) is 3. The molecular formula is C20H21ClFN3O3. The van der Waals surface area contributed by atoms with Crippen LogP contribution < -0.4 is 16.2 Å². The van der Waals surface area contributed by atoms with Gasteiger partial charge in [-0.2, -0.15) is 0 Å². The zero-order valence-corrected chi connectivity index (χ0v) is 16.2. The van der Waals surface area contributed by atoms with Gasteiger partial charge in [0.15, 0.2) is 0 Å². The van der Waals surface area contributed by atoms with E-state index in [0.717, 1.165) is 6.07 Å². The SMILES string of the molecule is CC[C@H](C)[C@H](NC(=O)c1ccc(Cl)cc1)C(=O)NNC(=O)c1ccccc1F. The Kier molecular flexibility index (Phi) is 7.52. The number of carbonyl (C=O) groups excluding carboxylic acids is 3. The van der Waals surface area contributed by atoms with E-state index >= 15 is 0 Å². The number of benzene rings is 2. The van der Waals surface area contributed by atoms with E-state index in [1.54, 1.807) is 31.2 Å². The van der Waals surface area contributed by atoms with E-state index in [4.69, 9.17) is 11.6 Å². The standard InChI is InChI=1S/C20H21ClFN3O3/c1-3-12(2)17(23-18(26)13-8-10-14(21)11-9-13)20(28)25-24-19(27)15-6-4-5-7-16(15)22/h4-12,17H,3H2,1-2H3,(H,23,26)(H,24,27)(H,25,28)/t12-,17-/m0/s1. The lowest BCUT2D eigenvalue weighted by Crippen LogP contribution is -2.54. The molecule has 0 unspecified atom stereocenters. The van der Waals surface area contributed by atoms with Crippen molar-refractivity contribution in [2.45, 2.75) is 26.3 Å². The number of nitrogens with one attached hydrogen (secondary N) is 3. The third-order valence-corrected chi connectivity index (χ3v) is 4.56. The molecule has 0 fully saturated rings. The predicted molar refractivity (Wildman–Crippen MR) is 104 cm³/mol. The Morgan fingerprint density at radius 1 is 1.00 bits per heavy atom. The Balaban J connectivity index is 2.04. The molecule has 0 saturated heterocycles. The van der Waals surface area contributed by atoms with Crippen LogP contribution >= 0.6 is 11.6 Å². The van der Waals surface area contributed by atoms with E-state index in [9.17, 15) is 18.8 Å². The Bertz CT molecular complexity index is 858. The number of halogens is 2. The van der Waals surface area contributed by atoms with Gasteiger partial charge in [-0.25, -0.2) is 4.39 Å². The molecule has 6 nitrogen and oxygen atoms in total. The van der Waals surface area contributed by atoms with Gasteiger partial charge in [-0.05, 0) is 42.3 Å². The van der Waals surface area contributed by atoms with Crippen molar-refractivity contribution < 1.29 is 18.8 Å². The minimum absolute atomic E-state index is 0.201. The maximum absolute atomic E-state index is 13.7. The van der Waals surface area contributed by atoms with Crippen molar-refractivity contribution in [1.29, 1.82) is 0 Å². The van der Waals surface area contributed by atoms with Crippen LogP contribution in [-0.2, 0) is 4.79 Å². The van der Waals surface area contributed by atoms with Crippen molar-refractivity contribution in [2.24, 2.45) is 5.92 Å². The monoisotopic (exact) mass is 405 g/mol. The van der Waals surface area contributed by atoms with E-state index in [0.29, 0.717) is 17.0 Å². The Morgan fingerprint density at radius 2 is 1.64 bits per heavy atom. The fraction of sp³-hybridized carbons (Fsp3) is 0.250. The molecule has 2 rings (SSSR count). The van der Waals surface area contributed by atoms with Crippen molar-refractivity contribution in [3.8, 4) is 0 Å². The zero-order chi connectivity index (χ0) is 20.7. The third-order valence-electron chi connectivity index (χ3n) is 4.31. The van der Waals surface area contributed by atoms with Crippen LogP contribution in [0.25, 0.3) is 0 Å². The van der Waals surface area contributed by atoms with Gasteiger partial charge in [0.05, 0.1) is 5.56 Å². The first-order chi connectivity index (χ1) is 13.3. The van der Waals surface area contributed by atoms with Crippen molar-refractivity contribution in [1.82, 2.24) is 16.2 Å². The molecule has 0 spiro atoms. The summed E-state index contributed by atoms with van der Waals surface area (Å²) in [4.78, 5) is 37.0. The van der Waals surface area contributed by atoms with Gasteiger partial charge in [0, 0.05) is 10.6 Å². The topological polar surface area (TPSA) is 87.3 Å². The van der Waals surface area contributed by atoms with Crippen molar-refractivity contribution in [3.63, 3.8) is 0 Å². The van der Waals surface area contributed by atoms with E-state index in [1.807, 2.05) is 6.92 Å². The molecule has 3 amide bonds. The van der Waals surface area contributed by atoms with Gasteiger partial charge in [0.2, 0.25) is 0 Å². The Morgan fingerprint density at radius 3 is 2.25 bits per heavy atom. The summed E-state index contributed by atoms with van der Waals surface area (Å²) in [6.07, 6.45) is 0.611. The number of hydrazine groups is 1. The normalized spacial score (nSPS) is 12.6. The molecule has 8 heteroatoms. The average molecular weight is 406 g/mol. The van der Waals surface area contributed by atoms with Crippen LogP contribution in [0.2, 0.25) is 5.02 Å². The quantitative estimate of drug-likeness (QED) is 0.645. The number of rotatable bonds is 6. The highest BCUT2D eigenvalue weighted by Gasteiger charge is 2.27. The van der Waals surface area contributed by atoms with Crippen molar-refractivity contribution in [2.75, 3.05) is 0 Å². The number of carbonyl (C=O) groups is 3. The van der Waals surface area contributed by atoms with Crippen LogP contribution in [0.4, 0.5) is 4.39 Å². The van der Waals surface area contributed by atoms with Crippen molar-refractivity contribution >= 4 is 29.3 Å². The van der Waals surface area contributed by atoms with Crippen molar-refractivity contribution in [3.05, 3.63) is 70.5 Å². The maximum atomic E-state index is 13.7. The van der Waals surface area contributed by atoms with E-state index in [-0.39, 0.29) is 11.5 Å². The van der Waals surface area contributed by atoms with Crippen LogP contribution in [0.3, 0.4) is 0 Å². The summed E-state index contributed by atoms with van der Waals surface area (Å²) in [6.45, 7) is 3.67. The summed E-state index contributed by atoms with van der Waals surface area (Å²) in [5.41, 5.74) is 4.57. The minimum atomic E-state index is -0.894. The molecular weight excluding hydrogens is 385 g/mol. The Labute approximate surface area is 167 Å². The second-order valence-electron chi connectivity index (χ2n) is 6.27. The highest BCUT2D eigenvalue weighted by molar-refractivity contribution is 6.30. The fourth-order valence-electron chi connectivity index (χ4n) is 2.44. The van der Waals surface area contributed by atoms with Gasteiger partial charge in [-0.1, -0.05) is 44.0 Å². The zero-order valence-electron chi connectivity index (χ0n) is 15.5. The third kappa shape index (κ3) is 5.53. The first-order valence-corrected chi connectivity index (χ1v) is 9.12. The molecule has 2 atom stereocenters. The second kappa shape index (κ2) is 9.85. The average Bonchev–Trinajstić information content (AvgIpc) is 2.70. The van der Waals surface area contributed by atoms with Gasteiger partial charge in [0.25, 0.3) is 17.7 Å². The molecule has 0 bridgehead atoms. The van der Waals surface area contributed by atoms with Crippen LogP contribution in [0.15, 0.2) is 48.5 Å². The molecule has 148 valence electrons. The predicted octanol–water partition coefficient (Wildman–Crippen LogP) is 3.08. The first kappa shape index (κ1) is 21.4. The van der Waals surface area contributed by atoms with Gasteiger partial charge in [-0.3, -0.25) is 25.2 Å². The lowest BCUT2D eigenvalue weighted by molar-refractivity contribution is -0.124. The highest BCUT2D eigenvalue weighted by atomic mass is 35.5. The lowest BCUT2D eigenvalue weighted by Gasteiger charge is -2.23. The van der Waals surface area contributed by atoms with Crippen LogP contribution in [-0.4, -0.2) is 23.8 Å². The molecule has 3 N–H and O–H groups in total. The van der Waals surface area contributed by atoms with Gasteiger partial charge in [0.1, 0.15) is 11.9 Å². The smallest absolute Gasteiger partial charge is 0.272 e. The number of amides is 3. The molecule has 28 heavy (non-hydrogen) atoms. The molecule has 0 saturated carbocycles. The summed E-state index contributed by atoms with van der Waals surface area (Å²) < 4.78 is 13.7. The summed E-state index contributed by atoms with van der Waals surface area (Å²) >= 11 is 5.82. The van der Waals surface area contributed by atoms with Gasteiger partial charge in [-0.15, -0.1) is 0 Å². The molecule has 2 aromatic carbocycles. The largest absolute Gasteiger partial charge is 0.340 e. The molecule has 0 aliphatic rings. The molecule has 0 aromatic heterocycles. The molecule has 0 heterocycles. The maximum Gasteiger partial charge on any atom is 0.272 e. The van der Waals surface area contributed by atoms with Gasteiger partial charge >= 0.3 is 0 Å². The molecule has 2 aromatic rings. The second-order valence-corrected chi connectivity index (χ2v) is 6.70. The summed E-state index contributed by atoms with van der Waals surface area (Å²) in [5, 5.41) is 3.15. The molecule has 0 aliphatic carbocycles. The van der Waals surface area contributed by atoms with Crippen LogP contribution in [0.1, 0.15) is 41.0 Å². The highest BCUT2D eigenvalue weighted by Crippen LogP contribution is 2.12. The molecule has 0 radical (unpaired) electrons. The van der Waals surface area contributed by atoms with E-state index in [1.165, 1.54) is 18.2 Å². The van der Waals surface area contributed by atoms with Crippen LogP contribution in [0.5, 0.6) is 0 Å². The van der Waals surface area contributed by atoms with Crippen LogP contribution in [0, 0.1) is 11.7 Å². The van der Waals surface area contributed by atoms with Gasteiger partial charge < -0.3 is 5.32 Å². The minimum Gasteiger partial charge on any atom is -0.340 e. The first-order valence-electron chi connectivity index (χ1n) is 8.74. The summed E-state index contributed by atoms with van der Waals surface area (Å²) in [6, 6.07) is 10.7. The summed E-state index contributed by atoms with van der Waals surface area (Å²) in [5.74, 6) is -2.76. The van der Waals surface area contributed by atoms with E-state index < -0.39 is 29.6 Å². The fourth-order valence-corrected chi connectivity index (χ4v) is 2.56. The summed E-state index contributed by atoms with van der Waals surface area (Å²) in [7, 11) is 0. The lowest BCUT2D eigenvalue weighted by atomic mass is 9.98. The van der Waals surface area contributed by atoms with E-state index in [2.05, 4.69) is 16.2 Å². The Hall–Kier alpha value is -2.93. The molecule has 0 aliphatic heterocycles.